The van der Waals surface area contributed by atoms with Crippen LogP contribution in [0.4, 0.5) is 0 Å². The first-order valence-electron chi connectivity index (χ1n) is 4.55. The van der Waals surface area contributed by atoms with Crippen LogP contribution in [0.5, 0.6) is 0 Å². The van der Waals surface area contributed by atoms with Gasteiger partial charge in [0.15, 0.2) is 0 Å². The lowest BCUT2D eigenvalue weighted by atomic mass is 10.2. The molecule has 1 aliphatic carbocycles. The van der Waals surface area contributed by atoms with Gasteiger partial charge < -0.3 is 5.32 Å². The minimum Gasteiger partial charge on any atom is -0.309 e. The van der Waals surface area contributed by atoms with E-state index in [0.717, 1.165) is 12.6 Å². The van der Waals surface area contributed by atoms with E-state index >= 15 is 0 Å². The lowest BCUT2D eigenvalue weighted by molar-refractivity contribution is 0.544. The molecule has 1 aliphatic rings. The summed E-state index contributed by atoms with van der Waals surface area (Å²) in [5.41, 5.74) is 0.536. The summed E-state index contributed by atoms with van der Waals surface area (Å²) in [5, 5.41) is 3.57. The van der Waals surface area contributed by atoms with Crippen molar-refractivity contribution in [1.29, 1.82) is 0 Å². The Hall–Kier alpha value is 0.140. The smallest absolute Gasteiger partial charge is 0.0701 e. The number of nitrogens with one attached hydrogen (secondary N) is 1. The summed E-state index contributed by atoms with van der Waals surface area (Å²) in [4.78, 5) is 1.41. The average molecular weight is 260 g/mol. The van der Waals surface area contributed by atoms with Gasteiger partial charge in [0, 0.05) is 17.5 Å². The van der Waals surface area contributed by atoms with Gasteiger partial charge in [-0.15, -0.1) is 11.3 Å². The molecule has 0 spiro atoms. The molecule has 0 saturated heterocycles. The van der Waals surface area contributed by atoms with Crippen LogP contribution in [0, 0.1) is 5.41 Å². The van der Waals surface area contributed by atoms with Crippen molar-refractivity contribution in [3.63, 3.8) is 0 Å². The first-order chi connectivity index (χ1) is 6.08. The molecule has 13 heavy (non-hydrogen) atoms. The Bertz CT molecular complexity index is 306. The molecule has 2 rings (SSSR count). The molecule has 72 valence electrons. The molecule has 1 unspecified atom stereocenters. The molecule has 3 heteroatoms. The lowest BCUT2D eigenvalue weighted by Gasteiger charge is -2.04. The fourth-order valence-electron chi connectivity index (χ4n) is 1.49. The third-order valence-corrected chi connectivity index (χ3v) is 4.29. The third-order valence-electron chi connectivity index (χ3n) is 2.66. The summed E-state index contributed by atoms with van der Waals surface area (Å²) in [7, 11) is 0. The topological polar surface area (TPSA) is 12.0 Å². The molecule has 0 radical (unpaired) electrons. The standard InChI is InChI=1S/C10H14BrNS/c1-10(2)5-8(10)12-6-7-3-4-9(11)13-7/h3-4,8,12H,5-6H2,1-2H3. The predicted molar refractivity (Wildman–Crippen MR) is 61.0 cm³/mol. The highest BCUT2D eigenvalue weighted by Gasteiger charge is 2.44. The van der Waals surface area contributed by atoms with Gasteiger partial charge in [0.05, 0.1) is 3.79 Å². The highest BCUT2D eigenvalue weighted by molar-refractivity contribution is 9.11. The minimum absolute atomic E-state index is 0.536. The second-order valence-electron chi connectivity index (χ2n) is 4.33. The maximum atomic E-state index is 3.57. The van der Waals surface area contributed by atoms with Crippen LogP contribution in [0.2, 0.25) is 0 Å². The van der Waals surface area contributed by atoms with Crippen LogP contribution in [0.25, 0.3) is 0 Å². The van der Waals surface area contributed by atoms with Gasteiger partial charge >= 0.3 is 0 Å². The van der Waals surface area contributed by atoms with Crippen molar-refractivity contribution in [1.82, 2.24) is 5.32 Å². The Morgan fingerprint density at radius 1 is 1.62 bits per heavy atom. The summed E-state index contributed by atoms with van der Waals surface area (Å²) >= 11 is 5.28. The summed E-state index contributed by atoms with van der Waals surface area (Å²) in [6.07, 6.45) is 1.32. The molecule has 1 N–H and O–H groups in total. The molecule has 1 aromatic heterocycles. The molecular formula is C10H14BrNS. The van der Waals surface area contributed by atoms with Gasteiger partial charge in [-0.25, -0.2) is 0 Å². The molecule has 1 fully saturated rings. The van der Waals surface area contributed by atoms with Crippen LogP contribution in [0.15, 0.2) is 15.9 Å². The maximum absolute atomic E-state index is 3.57. The van der Waals surface area contributed by atoms with E-state index < -0.39 is 0 Å². The van der Waals surface area contributed by atoms with Crippen LogP contribution < -0.4 is 5.32 Å². The summed E-state index contributed by atoms with van der Waals surface area (Å²) in [6, 6.07) is 5.02. The van der Waals surface area contributed by atoms with Crippen LogP contribution in [0.3, 0.4) is 0 Å². The molecule has 0 aliphatic heterocycles. The van der Waals surface area contributed by atoms with Crippen LogP contribution >= 0.6 is 27.3 Å². The predicted octanol–water partition coefficient (Wildman–Crippen LogP) is 3.40. The Morgan fingerprint density at radius 3 is 2.77 bits per heavy atom. The number of thiophene rings is 1. The third kappa shape index (κ3) is 2.33. The molecule has 1 aromatic rings. The number of hydrogen-bond acceptors (Lipinski definition) is 2. The fourth-order valence-corrected chi connectivity index (χ4v) is 2.92. The molecule has 0 aromatic carbocycles. The SMILES string of the molecule is CC1(C)CC1NCc1ccc(Br)s1. The normalized spacial score (nSPS) is 24.7. The quantitative estimate of drug-likeness (QED) is 0.878. The van der Waals surface area contributed by atoms with E-state index in [1.54, 1.807) is 0 Å². The first-order valence-corrected chi connectivity index (χ1v) is 6.16. The zero-order valence-corrected chi connectivity index (χ0v) is 10.3. The Labute approximate surface area is 91.7 Å². The van der Waals surface area contributed by atoms with Crippen LogP contribution in [0.1, 0.15) is 25.1 Å². The maximum Gasteiger partial charge on any atom is 0.0701 e. The van der Waals surface area contributed by atoms with E-state index in [9.17, 15) is 0 Å². The second-order valence-corrected chi connectivity index (χ2v) is 6.88. The molecule has 0 amide bonds. The highest BCUT2D eigenvalue weighted by Crippen LogP contribution is 2.44. The molecule has 1 saturated carbocycles. The van der Waals surface area contributed by atoms with Crippen molar-refractivity contribution >= 4 is 27.3 Å². The van der Waals surface area contributed by atoms with Crippen molar-refractivity contribution in [3.05, 3.63) is 20.8 Å². The zero-order chi connectivity index (χ0) is 9.47. The van der Waals surface area contributed by atoms with E-state index in [1.807, 2.05) is 11.3 Å². The monoisotopic (exact) mass is 259 g/mol. The van der Waals surface area contributed by atoms with Gasteiger partial charge in [-0.05, 0) is 39.9 Å². The van der Waals surface area contributed by atoms with Gasteiger partial charge in [-0.1, -0.05) is 13.8 Å². The van der Waals surface area contributed by atoms with E-state index in [1.165, 1.54) is 15.1 Å². The number of rotatable bonds is 3. The van der Waals surface area contributed by atoms with Crippen molar-refractivity contribution in [2.45, 2.75) is 32.9 Å². The van der Waals surface area contributed by atoms with Gasteiger partial charge in [0.25, 0.3) is 0 Å². The summed E-state index contributed by atoms with van der Waals surface area (Å²) < 4.78 is 1.22. The van der Waals surface area contributed by atoms with Crippen LogP contribution in [-0.2, 0) is 6.54 Å². The molecule has 1 nitrogen and oxygen atoms in total. The van der Waals surface area contributed by atoms with Gasteiger partial charge in [0.2, 0.25) is 0 Å². The van der Waals surface area contributed by atoms with Crippen molar-refractivity contribution < 1.29 is 0 Å². The molecule has 1 atom stereocenters. The Kier molecular flexibility index (Phi) is 2.51. The van der Waals surface area contributed by atoms with Gasteiger partial charge in [0.1, 0.15) is 0 Å². The van der Waals surface area contributed by atoms with Crippen molar-refractivity contribution in [2.75, 3.05) is 0 Å². The molecular weight excluding hydrogens is 246 g/mol. The van der Waals surface area contributed by atoms with Crippen molar-refractivity contribution in [3.8, 4) is 0 Å². The summed E-state index contributed by atoms with van der Waals surface area (Å²) in [5.74, 6) is 0. The molecule has 0 bridgehead atoms. The van der Waals surface area contributed by atoms with Crippen LogP contribution in [-0.4, -0.2) is 6.04 Å². The number of halogens is 1. The van der Waals surface area contributed by atoms with E-state index in [2.05, 4.69) is 47.2 Å². The van der Waals surface area contributed by atoms with E-state index in [0.29, 0.717) is 5.41 Å². The van der Waals surface area contributed by atoms with Gasteiger partial charge in [-0.2, -0.15) is 0 Å². The van der Waals surface area contributed by atoms with Crippen molar-refractivity contribution in [2.24, 2.45) is 5.41 Å². The van der Waals surface area contributed by atoms with E-state index in [4.69, 9.17) is 0 Å². The summed E-state index contributed by atoms with van der Waals surface area (Å²) in [6.45, 7) is 5.65. The average Bonchev–Trinajstić information content (AvgIpc) is 2.45. The second kappa shape index (κ2) is 3.37. The first kappa shape index (κ1) is 9.69. The Morgan fingerprint density at radius 2 is 2.31 bits per heavy atom. The minimum atomic E-state index is 0.536. The highest BCUT2D eigenvalue weighted by atomic mass is 79.9. The van der Waals surface area contributed by atoms with Gasteiger partial charge in [-0.3, -0.25) is 0 Å². The van der Waals surface area contributed by atoms with E-state index in [-0.39, 0.29) is 0 Å². The lowest BCUT2D eigenvalue weighted by Crippen LogP contribution is -2.19. The zero-order valence-electron chi connectivity index (χ0n) is 7.93. The number of hydrogen-bond donors (Lipinski definition) is 1. The Balaban J connectivity index is 1.81. The largest absolute Gasteiger partial charge is 0.309 e. The fraction of sp³-hybridized carbons (Fsp3) is 0.600. The molecule has 1 heterocycles.